The number of anilines is 4. The molecule has 0 radical (unpaired) electrons. The van der Waals surface area contributed by atoms with Crippen LogP contribution >= 0.6 is 0 Å². The van der Waals surface area contributed by atoms with Gasteiger partial charge >= 0.3 is 0 Å². The van der Waals surface area contributed by atoms with E-state index in [4.69, 9.17) is 5.73 Å². The molecule has 0 unspecified atom stereocenters. The lowest BCUT2D eigenvalue weighted by Crippen LogP contribution is -2.29. The molecule has 10 nitrogen and oxygen atoms in total. The van der Waals surface area contributed by atoms with E-state index in [0.29, 0.717) is 51.7 Å². The van der Waals surface area contributed by atoms with Gasteiger partial charge in [-0.25, -0.2) is 13.8 Å². The van der Waals surface area contributed by atoms with Gasteiger partial charge < -0.3 is 32.0 Å². The zero-order chi connectivity index (χ0) is 30.0. The van der Waals surface area contributed by atoms with Gasteiger partial charge in [0.25, 0.3) is 17.7 Å². The van der Waals surface area contributed by atoms with Crippen LogP contribution in [0.25, 0.3) is 11.6 Å². The molecule has 1 aliphatic rings. The number of pyridine rings is 1. The maximum absolute atomic E-state index is 13.8. The van der Waals surface area contributed by atoms with Crippen LogP contribution < -0.4 is 27.0 Å². The number of fused-ring (bicyclic) bond motifs is 1. The van der Waals surface area contributed by atoms with Crippen LogP contribution in [-0.4, -0.2) is 40.8 Å². The van der Waals surface area contributed by atoms with Crippen LogP contribution in [-0.2, 0) is 4.79 Å². The summed E-state index contributed by atoms with van der Waals surface area (Å²) in [5.74, 6) is -1.73. The number of nitrogens with two attached hydrogens (primary N) is 1. The fraction of sp³-hybridized carbons (Fsp3) is 0.133. The molecule has 0 saturated carbocycles. The molecule has 12 heteroatoms. The zero-order valence-corrected chi connectivity index (χ0v) is 22.7. The van der Waals surface area contributed by atoms with E-state index in [1.54, 1.807) is 32.1 Å². The molecule has 2 aromatic carbocycles. The molecule has 42 heavy (non-hydrogen) atoms. The second kappa shape index (κ2) is 11.5. The summed E-state index contributed by atoms with van der Waals surface area (Å²) in [4.78, 5) is 45.5. The van der Waals surface area contributed by atoms with Gasteiger partial charge in [0.15, 0.2) is 0 Å². The van der Waals surface area contributed by atoms with Crippen molar-refractivity contribution in [1.29, 1.82) is 0 Å². The first kappa shape index (κ1) is 28.0. The maximum Gasteiger partial charge on any atom is 0.274 e. The Morgan fingerprint density at radius 3 is 2.55 bits per heavy atom. The number of amides is 3. The summed E-state index contributed by atoms with van der Waals surface area (Å²) in [7, 11) is 0. The largest absolute Gasteiger partial charge is 0.397 e. The molecule has 0 aliphatic carbocycles. The van der Waals surface area contributed by atoms with Gasteiger partial charge in [-0.1, -0.05) is 6.07 Å². The number of halogens is 2. The number of aromatic nitrogens is 2. The topological polar surface area (TPSA) is 154 Å². The number of hydrogen-bond donors (Lipinski definition) is 6. The summed E-state index contributed by atoms with van der Waals surface area (Å²) < 4.78 is 27.1. The molecule has 0 fully saturated rings. The van der Waals surface area contributed by atoms with Crippen LogP contribution in [0.3, 0.4) is 0 Å². The van der Waals surface area contributed by atoms with Gasteiger partial charge in [-0.2, -0.15) is 0 Å². The van der Waals surface area contributed by atoms with E-state index in [0.717, 1.165) is 6.07 Å². The lowest BCUT2D eigenvalue weighted by atomic mass is 10.0. The second-order valence-corrected chi connectivity index (χ2v) is 9.64. The Morgan fingerprint density at radius 1 is 1.00 bits per heavy atom. The first-order chi connectivity index (χ1) is 20.1. The summed E-state index contributed by atoms with van der Waals surface area (Å²) in [6.45, 7) is 4.09. The number of rotatable bonds is 8. The Hall–Kier alpha value is -5.52. The summed E-state index contributed by atoms with van der Waals surface area (Å²) in [5, 5.41) is 11.2. The first-order valence-electron chi connectivity index (χ1n) is 13.0. The van der Waals surface area contributed by atoms with Crippen molar-refractivity contribution in [3.63, 3.8) is 0 Å². The smallest absolute Gasteiger partial charge is 0.274 e. The third-order valence-corrected chi connectivity index (χ3v) is 6.72. The van der Waals surface area contributed by atoms with Crippen LogP contribution in [0.5, 0.6) is 0 Å². The maximum atomic E-state index is 13.8. The Balaban J connectivity index is 1.19. The highest BCUT2D eigenvalue weighted by Gasteiger charge is 2.26. The molecule has 7 N–H and O–H groups in total. The summed E-state index contributed by atoms with van der Waals surface area (Å²) in [5.41, 5.74) is 9.79. The summed E-state index contributed by atoms with van der Waals surface area (Å²) >= 11 is 0. The van der Waals surface area contributed by atoms with Crippen molar-refractivity contribution in [3.8, 4) is 0 Å². The monoisotopic (exact) mass is 571 g/mol. The third kappa shape index (κ3) is 5.82. The van der Waals surface area contributed by atoms with Crippen molar-refractivity contribution in [2.24, 2.45) is 0 Å². The molecule has 3 amide bonds. The highest BCUT2D eigenvalue weighted by atomic mass is 19.1. The minimum Gasteiger partial charge on any atom is -0.397 e. The van der Waals surface area contributed by atoms with Crippen LogP contribution in [0.2, 0.25) is 0 Å². The summed E-state index contributed by atoms with van der Waals surface area (Å²) in [6, 6.07) is 12.6. The predicted molar refractivity (Wildman–Crippen MR) is 157 cm³/mol. The van der Waals surface area contributed by atoms with Crippen LogP contribution in [0.1, 0.15) is 43.4 Å². The van der Waals surface area contributed by atoms with Gasteiger partial charge in [-0.15, -0.1) is 0 Å². The molecule has 3 heterocycles. The average molecular weight is 572 g/mol. The normalized spacial score (nSPS) is 13.0. The number of aryl methyl sites for hydroxylation is 1. The molecular weight excluding hydrogens is 544 g/mol. The zero-order valence-electron chi connectivity index (χ0n) is 22.7. The Bertz CT molecular complexity index is 1760. The predicted octanol–water partition coefficient (Wildman–Crippen LogP) is 4.47. The quantitative estimate of drug-likeness (QED) is 0.104. The van der Waals surface area contributed by atoms with E-state index in [9.17, 15) is 23.2 Å². The number of nitrogen functional groups attached to an aromatic ring is 1. The van der Waals surface area contributed by atoms with Gasteiger partial charge in [-0.3, -0.25) is 14.4 Å². The Kier molecular flexibility index (Phi) is 7.69. The Morgan fingerprint density at radius 2 is 1.76 bits per heavy atom. The molecule has 0 bridgehead atoms. The third-order valence-electron chi connectivity index (χ3n) is 6.72. The molecule has 214 valence electrons. The molecule has 1 aliphatic heterocycles. The van der Waals surface area contributed by atoms with E-state index < -0.39 is 17.5 Å². The molecule has 2 aromatic heterocycles. The van der Waals surface area contributed by atoms with E-state index in [-0.39, 0.29) is 35.4 Å². The molecule has 5 rings (SSSR count). The number of carbonyl (C=O) groups excluding carboxylic acids is 3. The van der Waals surface area contributed by atoms with Crippen LogP contribution in [0.4, 0.5) is 31.7 Å². The number of nitrogens with zero attached hydrogens (tertiary/aromatic N) is 1. The fourth-order valence-corrected chi connectivity index (χ4v) is 4.66. The minimum atomic E-state index is -0.516. The minimum absolute atomic E-state index is 0.0924. The number of benzene rings is 2. The van der Waals surface area contributed by atoms with E-state index >= 15 is 0 Å². The lowest BCUT2D eigenvalue weighted by molar-refractivity contribution is -0.110. The van der Waals surface area contributed by atoms with E-state index in [2.05, 4.69) is 31.2 Å². The van der Waals surface area contributed by atoms with Crippen molar-refractivity contribution in [1.82, 2.24) is 15.3 Å². The van der Waals surface area contributed by atoms with Crippen molar-refractivity contribution in [2.75, 3.05) is 34.8 Å². The number of nitrogens with one attached hydrogen (secondary N) is 5. The number of aromatic amines is 1. The second-order valence-electron chi connectivity index (χ2n) is 9.64. The molecular formula is C30H27F2N7O3. The van der Waals surface area contributed by atoms with Crippen molar-refractivity contribution in [2.45, 2.75) is 13.8 Å². The number of carbonyl (C=O) groups is 3. The average Bonchev–Trinajstić information content (AvgIpc) is 3.41. The summed E-state index contributed by atoms with van der Waals surface area (Å²) in [6.07, 6.45) is 1.61. The van der Waals surface area contributed by atoms with Crippen LogP contribution in [0.15, 0.2) is 54.6 Å². The molecule has 0 atom stereocenters. The van der Waals surface area contributed by atoms with Gasteiger partial charge in [0.05, 0.1) is 22.5 Å². The Labute approximate surface area is 239 Å². The number of hydrogen-bond acceptors (Lipinski definition) is 6. The van der Waals surface area contributed by atoms with Crippen molar-refractivity contribution in [3.05, 3.63) is 100 Å². The SMILES string of the molecule is Cc1[nH]c(/C=C2\C(=O)Nc3ccc(F)cc32)c(C)c1C(=O)NCCNc1cccc(C(=O)Nc2ccc(F)cc2N)n1. The molecule has 0 saturated heterocycles. The molecule has 0 spiro atoms. The van der Waals surface area contributed by atoms with Gasteiger partial charge in [0.2, 0.25) is 0 Å². The number of H-pyrrole nitrogens is 1. The highest BCUT2D eigenvalue weighted by Crippen LogP contribution is 2.34. The van der Waals surface area contributed by atoms with Crippen LogP contribution in [0, 0.1) is 25.5 Å². The van der Waals surface area contributed by atoms with Crippen molar-refractivity contribution < 1.29 is 23.2 Å². The van der Waals surface area contributed by atoms with Gasteiger partial charge in [-0.05, 0) is 74.0 Å². The highest BCUT2D eigenvalue weighted by molar-refractivity contribution is 6.35. The fourth-order valence-electron chi connectivity index (χ4n) is 4.66. The van der Waals surface area contributed by atoms with E-state index in [1.165, 1.54) is 36.4 Å². The van der Waals surface area contributed by atoms with Crippen molar-refractivity contribution >= 4 is 52.3 Å². The molecule has 4 aromatic rings. The standard InChI is InChI=1S/C30H27F2N7O3/c1-15-25(14-20-19-12-17(31)6-8-22(19)38-28(20)40)36-16(2)27(15)30(42)35-11-10-34-26-5-3-4-24(37-26)29(41)39-23-9-7-18(32)13-21(23)33/h3-9,12-14,36H,10-11,33H2,1-2H3,(H,34,37)(H,35,42)(H,38,40)(H,39,41)/b20-14-. The lowest BCUT2D eigenvalue weighted by Gasteiger charge is -2.10. The van der Waals surface area contributed by atoms with E-state index in [1.807, 2.05) is 0 Å². The van der Waals surface area contributed by atoms with Gasteiger partial charge in [0.1, 0.15) is 23.1 Å². The first-order valence-corrected chi connectivity index (χ1v) is 13.0. The van der Waals surface area contributed by atoms with Gasteiger partial charge in [0, 0.05) is 35.7 Å².